The van der Waals surface area contributed by atoms with Crippen LogP contribution in [-0.2, 0) is 6.42 Å². The molecule has 1 fully saturated rings. The van der Waals surface area contributed by atoms with E-state index in [9.17, 15) is 0 Å². The zero-order valence-corrected chi connectivity index (χ0v) is 14.4. The molecule has 0 radical (unpaired) electrons. The molecule has 1 aromatic heterocycles. The smallest absolute Gasteiger partial charge is 0.190 e. The fourth-order valence-electron chi connectivity index (χ4n) is 3.02. The van der Waals surface area contributed by atoms with Gasteiger partial charge in [-0.2, -0.15) is 0 Å². The predicted molar refractivity (Wildman–Crippen MR) is 93.4 cm³/mol. The van der Waals surface area contributed by atoms with Gasteiger partial charge >= 0.3 is 0 Å². The fraction of sp³-hybridized carbons (Fsp3) is 0.647. The Morgan fingerprint density at radius 2 is 2.14 bits per heavy atom. The normalized spacial score (nSPS) is 22.4. The standard InChI is InChI=1S/C17H27ClN4/c1-13-5-3-4-6-15(13)12-22-17(19-2)20-10-9-14-7-8-16(18)21-11-14/h7-8,11,13,15H,3-6,9-10,12H2,1-2H3,(H2,19,20,22). The van der Waals surface area contributed by atoms with Gasteiger partial charge in [0.15, 0.2) is 5.96 Å². The first kappa shape index (κ1) is 17.1. The van der Waals surface area contributed by atoms with E-state index in [1.165, 1.54) is 31.2 Å². The van der Waals surface area contributed by atoms with Crippen molar-refractivity contribution in [3.63, 3.8) is 0 Å². The molecule has 22 heavy (non-hydrogen) atoms. The Hall–Kier alpha value is -1.29. The van der Waals surface area contributed by atoms with Crippen LogP contribution in [-0.4, -0.2) is 31.1 Å². The lowest BCUT2D eigenvalue weighted by Gasteiger charge is -2.29. The van der Waals surface area contributed by atoms with Gasteiger partial charge in [-0.1, -0.05) is 43.9 Å². The number of hydrogen-bond donors (Lipinski definition) is 2. The zero-order valence-electron chi connectivity index (χ0n) is 13.6. The zero-order chi connectivity index (χ0) is 15.8. The molecule has 5 heteroatoms. The molecule has 2 rings (SSSR count). The van der Waals surface area contributed by atoms with E-state index in [-0.39, 0.29) is 0 Å². The molecule has 1 aliphatic rings. The third kappa shape index (κ3) is 5.48. The summed E-state index contributed by atoms with van der Waals surface area (Å²) < 4.78 is 0. The Morgan fingerprint density at radius 1 is 1.32 bits per heavy atom. The van der Waals surface area contributed by atoms with Crippen molar-refractivity contribution in [1.29, 1.82) is 0 Å². The lowest BCUT2D eigenvalue weighted by atomic mass is 9.80. The molecule has 4 nitrogen and oxygen atoms in total. The Balaban J connectivity index is 1.69. The van der Waals surface area contributed by atoms with E-state index in [2.05, 4.69) is 27.5 Å². The van der Waals surface area contributed by atoms with E-state index in [1.807, 2.05) is 25.4 Å². The second-order valence-corrected chi connectivity index (χ2v) is 6.53. The second-order valence-electron chi connectivity index (χ2n) is 6.14. The highest BCUT2D eigenvalue weighted by Gasteiger charge is 2.21. The molecule has 0 spiro atoms. The van der Waals surface area contributed by atoms with Crippen LogP contribution in [0.4, 0.5) is 0 Å². The molecule has 2 N–H and O–H groups in total. The molecule has 1 aromatic rings. The summed E-state index contributed by atoms with van der Waals surface area (Å²) >= 11 is 5.79. The van der Waals surface area contributed by atoms with Crippen LogP contribution in [0, 0.1) is 11.8 Å². The van der Waals surface area contributed by atoms with E-state index >= 15 is 0 Å². The van der Waals surface area contributed by atoms with Crippen molar-refractivity contribution in [2.45, 2.75) is 39.0 Å². The van der Waals surface area contributed by atoms with E-state index in [4.69, 9.17) is 11.6 Å². The van der Waals surface area contributed by atoms with Crippen LogP contribution in [0.25, 0.3) is 0 Å². The number of pyridine rings is 1. The van der Waals surface area contributed by atoms with Crippen molar-refractivity contribution in [3.05, 3.63) is 29.0 Å². The average molecular weight is 323 g/mol. The van der Waals surface area contributed by atoms with E-state index in [0.717, 1.165) is 37.3 Å². The quantitative estimate of drug-likeness (QED) is 0.497. The fourth-order valence-corrected chi connectivity index (χ4v) is 3.14. The van der Waals surface area contributed by atoms with Crippen LogP contribution in [0.1, 0.15) is 38.2 Å². The monoisotopic (exact) mass is 322 g/mol. The number of nitrogens with one attached hydrogen (secondary N) is 2. The third-order valence-corrected chi connectivity index (χ3v) is 4.76. The van der Waals surface area contributed by atoms with Gasteiger partial charge in [0.25, 0.3) is 0 Å². The second kappa shape index (κ2) is 8.99. The molecule has 1 heterocycles. The van der Waals surface area contributed by atoms with Gasteiger partial charge in [-0.05, 0) is 36.3 Å². The van der Waals surface area contributed by atoms with E-state index in [1.54, 1.807) is 0 Å². The molecule has 2 atom stereocenters. The molecule has 0 bridgehead atoms. The van der Waals surface area contributed by atoms with Gasteiger partial charge in [0.05, 0.1) is 0 Å². The largest absolute Gasteiger partial charge is 0.356 e. The first-order chi connectivity index (χ1) is 10.7. The summed E-state index contributed by atoms with van der Waals surface area (Å²) in [4.78, 5) is 8.40. The van der Waals surface area contributed by atoms with Crippen LogP contribution >= 0.6 is 11.6 Å². The van der Waals surface area contributed by atoms with E-state index in [0.29, 0.717) is 5.15 Å². The SMILES string of the molecule is CN=C(NCCc1ccc(Cl)nc1)NCC1CCCCC1C. The maximum atomic E-state index is 5.79. The molecule has 1 saturated carbocycles. The number of halogens is 1. The van der Waals surface area contributed by atoms with Crippen molar-refractivity contribution in [3.8, 4) is 0 Å². The lowest BCUT2D eigenvalue weighted by Crippen LogP contribution is -2.42. The summed E-state index contributed by atoms with van der Waals surface area (Å²) in [6.07, 6.45) is 8.18. The van der Waals surface area contributed by atoms with Crippen LogP contribution in [0.2, 0.25) is 5.15 Å². The van der Waals surface area contributed by atoms with Crippen molar-refractivity contribution in [2.75, 3.05) is 20.1 Å². The third-order valence-electron chi connectivity index (χ3n) is 4.54. The number of hydrogen-bond acceptors (Lipinski definition) is 2. The molecule has 1 aliphatic carbocycles. The Bertz CT molecular complexity index is 472. The molecule has 2 unspecified atom stereocenters. The lowest BCUT2D eigenvalue weighted by molar-refractivity contribution is 0.256. The summed E-state index contributed by atoms with van der Waals surface area (Å²) in [6, 6.07) is 3.84. The number of rotatable bonds is 5. The average Bonchev–Trinajstić information content (AvgIpc) is 2.54. The van der Waals surface area contributed by atoms with Gasteiger partial charge in [0.2, 0.25) is 0 Å². The van der Waals surface area contributed by atoms with Gasteiger partial charge in [-0.25, -0.2) is 4.98 Å². The van der Waals surface area contributed by atoms with Gasteiger partial charge < -0.3 is 10.6 Å². The van der Waals surface area contributed by atoms with Crippen molar-refractivity contribution in [1.82, 2.24) is 15.6 Å². The van der Waals surface area contributed by atoms with Crippen LogP contribution in [0.5, 0.6) is 0 Å². The maximum Gasteiger partial charge on any atom is 0.190 e. The maximum absolute atomic E-state index is 5.79. The minimum Gasteiger partial charge on any atom is -0.356 e. The molecular formula is C17H27ClN4. The minimum atomic E-state index is 0.538. The van der Waals surface area contributed by atoms with Crippen LogP contribution in [0.3, 0.4) is 0 Å². The Labute approximate surface area is 138 Å². The molecule has 0 aromatic carbocycles. The highest BCUT2D eigenvalue weighted by atomic mass is 35.5. The molecule has 0 amide bonds. The Kier molecular flexibility index (Phi) is 6.97. The number of guanidine groups is 1. The van der Waals surface area contributed by atoms with Gasteiger partial charge in [-0.3, -0.25) is 4.99 Å². The first-order valence-electron chi connectivity index (χ1n) is 8.24. The van der Waals surface area contributed by atoms with Crippen molar-refractivity contribution in [2.24, 2.45) is 16.8 Å². The highest BCUT2D eigenvalue weighted by Crippen LogP contribution is 2.28. The predicted octanol–water partition coefficient (Wildman–Crippen LogP) is 3.27. The summed E-state index contributed by atoms with van der Waals surface area (Å²) in [5.74, 6) is 2.48. The van der Waals surface area contributed by atoms with Gasteiger partial charge in [0.1, 0.15) is 5.15 Å². The van der Waals surface area contributed by atoms with Crippen molar-refractivity contribution >= 4 is 17.6 Å². The van der Waals surface area contributed by atoms with Gasteiger partial charge in [0, 0.05) is 26.3 Å². The van der Waals surface area contributed by atoms with E-state index < -0.39 is 0 Å². The topological polar surface area (TPSA) is 49.3 Å². The summed E-state index contributed by atoms with van der Waals surface area (Å²) in [7, 11) is 1.82. The minimum absolute atomic E-state index is 0.538. The molecule has 122 valence electrons. The molecule has 0 saturated heterocycles. The number of aliphatic imine (C=N–C) groups is 1. The summed E-state index contributed by atoms with van der Waals surface area (Å²) in [5, 5.41) is 7.37. The molecular weight excluding hydrogens is 296 g/mol. The Morgan fingerprint density at radius 3 is 2.82 bits per heavy atom. The number of aromatic nitrogens is 1. The van der Waals surface area contributed by atoms with Crippen molar-refractivity contribution < 1.29 is 0 Å². The first-order valence-corrected chi connectivity index (χ1v) is 8.62. The summed E-state index contributed by atoms with van der Waals surface area (Å²) in [5.41, 5.74) is 1.17. The van der Waals surface area contributed by atoms with Crippen LogP contribution in [0.15, 0.2) is 23.3 Å². The van der Waals surface area contributed by atoms with Crippen LogP contribution < -0.4 is 10.6 Å². The highest BCUT2D eigenvalue weighted by molar-refractivity contribution is 6.29. The molecule has 0 aliphatic heterocycles. The van der Waals surface area contributed by atoms with Gasteiger partial charge in [-0.15, -0.1) is 0 Å². The number of nitrogens with zero attached hydrogens (tertiary/aromatic N) is 2. The summed E-state index contributed by atoms with van der Waals surface area (Å²) in [6.45, 7) is 4.22.